The van der Waals surface area contributed by atoms with Gasteiger partial charge in [-0.25, -0.2) is 8.42 Å². The van der Waals surface area contributed by atoms with E-state index >= 15 is 0 Å². The highest BCUT2D eigenvalue weighted by Gasteiger charge is 2.25. The minimum Gasteiger partial charge on any atom is -0.497 e. The van der Waals surface area contributed by atoms with Crippen molar-refractivity contribution in [3.8, 4) is 11.5 Å². The molecule has 0 aliphatic carbocycles. The Labute approximate surface area is 152 Å². The third-order valence-corrected chi connectivity index (χ3v) is 5.59. The number of sulfonamides is 1. The van der Waals surface area contributed by atoms with Crippen molar-refractivity contribution in [3.05, 3.63) is 36.2 Å². The average Bonchev–Trinajstić information content (AvgIpc) is 3.00. The first-order chi connectivity index (χ1) is 12.3. The number of nitrogens with one attached hydrogen (secondary N) is 1. The van der Waals surface area contributed by atoms with E-state index in [0.29, 0.717) is 36.0 Å². The van der Waals surface area contributed by atoms with Crippen molar-refractivity contribution in [3.63, 3.8) is 0 Å². The summed E-state index contributed by atoms with van der Waals surface area (Å²) in [6.45, 7) is 1.23. The second-order valence-corrected chi connectivity index (χ2v) is 7.72. The maximum atomic E-state index is 12.8. The van der Waals surface area contributed by atoms with Gasteiger partial charge in [0.05, 0.1) is 19.9 Å². The quantitative estimate of drug-likeness (QED) is 0.855. The molecule has 140 valence electrons. The van der Waals surface area contributed by atoms with Crippen LogP contribution in [0.15, 0.2) is 35.4 Å². The van der Waals surface area contributed by atoms with Gasteiger partial charge < -0.3 is 18.9 Å². The van der Waals surface area contributed by atoms with Gasteiger partial charge in [-0.1, -0.05) is 0 Å². The standard InChI is InChI=1S/C17H21N3O5S/c1-19-5-4-6-20-11-15(10-16(20)17(19)21)26(22,23)18-12-7-13(24-2)9-14(8-12)25-3/h7-11,18H,4-6H2,1-3H3. The van der Waals surface area contributed by atoms with E-state index in [1.165, 1.54) is 26.5 Å². The Balaban J connectivity index is 1.94. The third-order valence-electron chi connectivity index (χ3n) is 4.24. The molecule has 0 saturated heterocycles. The lowest BCUT2D eigenvalue weighted by molar-refractivity contribution is 0.0796. The van der Waals surface area contributed by atoms with Crippen molar-refractivity contribution < 1.29 is 22.7 Å². The van der Waals surface area contributed by atoms with Crippen molar-refractivity contribution in [1.82, 2.24) is 9.47 Å². The van der Waals surface area contributed by atoms with E-state index < -0.39 is 10.0 Å². The number of hydrogen-bond acceptors (Lipinski definition) is 5. The SMILES string of the molecule is COc1cc(NS(=O)(=O)c2cc3n(c2)CCCN(C)C3=O)cc(OC)c1. The first kappa shape index (κ1) is 18.1. The number of ether oxygens (including phenoxy) is 2. The molecule has 2 aromatic rings. The van der Waals surface area contributed by atoms with E-state index in [4.69, 9.17) is 9.47 Å². The number of benzene rings is 1. The molecular formula is C17H21N3O5S. The third kappa shape index (κ3) is 3.48. The number of rotatable bonds is 5. The lowest BCUT2D eigenvalue weighted by Crippen LogP contribution is -2.26. The summed E-state index contributed by atoms with van der Waals surface area (Å²) in [4.78, 5) is 14.0. The highest BCUT2D eigenvalue weighted by Crippen LogP contribution is 2.28. The average molecular weight is 379 g/mol. The monoisotopic (exact) mass is 379 g/mol. The van der Waals surface area contributed by atoms with Gasteiger partial charge in [-0.3, -0.25) is 9.52 Å². The molecule has 2 heterocycles. The van der Waals surface area contributed by atoms with Crippen molar-refractivity contribution >= 4 is 21.6 Å². The highest BCUT2D eigenvalue weighted by atomic mass is 32.2. The van der Waals surface area contributed by atoms with E-state index in [2.05, 4.69) is 4.72 Å². The Kier molecular flexibility index (Phi) is 4.82. The van der Waals surface area contributed by atoms with Crippen LogP contribution in [0.4, 0.5) is 5.69 Å². The number of methoxy groups -OCH3 is 2. The zero-order chi connectivity index (χ0) is 18.9. The topological polar surface area (TPSA) is 89.9 Å². The van der Waals surface area contributed by atoms with Gasteiger partial charge in [0.1, 0.15) is 22.1 Å². The molecule has 0 radical (unpaired) electrons. The van der Waals surface area contributed by atoms with Crippen LogP contribution in [0.3, 0.4) is 0 Å². The second-order valence-electron chi connectivity index (χ2n) is 6.04. The molecule has 0 unspecified atom stereocenters. The molecule has 3 rings (SSSR count). The molecule has 26 heavy (non-hydrogen) atoms. The molecule has 0 bridgehead atoms. The molecule has 1 aromatic carbocycles. The number of amides is 1. The van der Waals surface area contributed by atoms with E-state index in [-0.39, 0.29) is 10.8 Å². The van der Waals surface area contributed by atoms with Crippen LogP contribution in [0.25, 0.3) is 0 Å². The van der Waals surface area contributed by atoms with Gasteiger partial charge in [0.15, 0.2) is 0 Å². The predicted octanol–water partition coefficient (Wildman–Crippen LogP) is 1.78. The number of carbonyl (C=O) groups excluding carboxylic acids is 1. The molecule has 0 atom stereocenters. The number of anilines is 1. The van der Waals surface area contributed by atoms with Gasteiger partial charge in [0.2, 0.25) is 0 Å². The Hall–Kier alpha value is -2.68. The number of aryl methyl sites for hydroxylation is 1. The predicted molar refractivity (Wildman–Crippen MR) is 96.4 cm³/mol. The van der Waals surface area contributed by atoms with Gasteiger partial charge in [0, 0.05) is 44.5 Å². The largest absolute Gasteiger partial charge is 0.497 e. The summed E-state index contributed by atoms with van der Waals surface area (Å²) < 4.78 is 40.0. The molecule has 1 aliphatic rings. The smallest absolute Gasteiger partial charge is 0.270 e. The van der Waals surface area contributed by atoms with E-state index in [1.807, 2.05) is 0 Å². The van der Waals surface area contributed by atoms with Crippen molar-refractivity contribution in [2.45, 2.75) is 17.9 Å². The normalized spacial score (nSPS) is 14.6. The minimum atomic E-state index is -3.86. The maximum absolute atomic E-state index is 12.8. The van der Waals surface area contributed by atoms with Gasteiger partial charge in [-0.2, -0.15) is 0 Å². The van der Waals surface area contributed by atoms with Crippen molar-refractivity contribution in [1.29, 1.82) is 0 Å². The molecule has 0 saturated carbocycles. The molecule has 0 spiro atoms. The molecule has 1 amide bonds. The fourth-order valence-electron chi connectivity index (χ4n) is 2.85. The number of fused-ring (bicyclic) bond motifs is 1. The summed E-state index contributed by atoms with van der Waals surface area (Å²) in [6, 6.07) is 6.16. The fourth-order valence-corrected chi connectivity index (χ4v) is 3.93. The van der Waals surface area contributed by atoms with Crippen LogP contribution in [0.1, 0.15) is 16.9 Å². The summed E-state index contributed by atoms with van der Waals surface area (Å²) in [5.74, 6) is 0.741. The van der Waals surface area contributed by atoms with Crippen LogP contribution in [0.2, 0.25) is 0 Å². The van der Waals surface area contributed by atoms with Crippen LogP contribution in [0, 0.1) is 0 Å². The summed E-state index contributed by atoms with van der Waals surface area (Å²) in [7, 11) is 0.818. The van der Waals surface area contributed by atoms with Crippen LogP contribution in [-0.2, 0) is 16.6 Å². The molecule has 1 N–H and O–H groups in total. The van der Waals surface area contributed by atoms with Crippen LogP contribution >= 0.6 is 0 Å². The molecule has 0 fully saturated rings. The fraction of sp³-hybridized carbons (Fsp3) is 0.353. The summed E-state index contributed by atoms with van der Waals surface area (Å²) in [5, 5.41) is 0. The summed E-state index contributed by atoms with van der Waals surface area (Å²) >= 11 is 0. The Morgan fingerprint density at radius 1 is 1.04 bits per heavy atom. The first-order valence-electron chi connectivity index (χ1n) is 8.05. The maximum Gasteiger partial charge on any atom is 0.270 e. The minimum absolute atomic E-state index is 0.0398. The molecule has 9 heteroatoms. The number of hydrogen-bond donors (Lipinski definition) is 1. The van der Waals surface area contributed by atoms with Crippen molar-refractivity contribution in [2.75, 3.05) is 32.5 Å². The Morgan fingerprint density at radius 2 is 1.69 bits per heavy atom. The Morgan fingerprint density at radius 3 is 2.31 bits per heavy atom. The van der Waals surface area contributed by atoms with Crippen LogP contribution < -0.4 is 14.2 Å². The van der Waals surface area contributed by atoms with Crippen LogP contribution in [0.5, 0.6) is 11.5 Å². The van der Waals surface area contributed by atoms with E-state index in [1.54, 1.807) is 34.7 Å². The molecule has 8 nitrogen and oxygen atoms in total. The summed E-state index contributed by atoms with van der Waals surface area (Å²) in [5.41, 5.74) is 0.680. The zero-order valence-electron chi connectivity index (χ0n) is 14.9. The van der Waals surface area contributed by atoms with Crippen molar-refractivity contribution in [2.24, 2.45) is 0 Å². The molecule has 1 aliphatic heterocycles. The van der Waals surface area contributed by atoms with Gasteiger partial charge in [0.25, 0.3) is 15.9 Å². The van der Waals surface area contributed by atoms with Gasteiger partial charge in [-0.05, 0) is 12.5 Å². The number of aromatic nitrogens is 1. The first-order valence-corrected chi connectivity index (χ1v) is 9.54. The van der Waals surface area contributed by atoms with Gasteiger partial charge in [-0.15, -0.1) is 0 Å². The highest BCUT2D eigenvalue weighted by molar-refractivity contribution is 7.92. The van der Waals surface area contributed by atoms with E-state index in [0.717, 1.165) is 6.42 Å². The molecule has 1 aromatic heterocycles. The zero-order valence-corrected chi connectivity index (χ0v) is 15.7. The molecular weight excluding hydrogens is 358 g/mol. The number of nitrogens with zero attached hydrogens (tertiary/aromatic N) is 2. The van der Waals surface area contributed by atoms with Gasteiger partial charge >= 0.3 is 0 Å². The number of carbonyl (C=O) groups is 1. The Bertz CT molecular complexity index is 914. The second kappa shape index (κ2) is 6.91. The lowest BCUT2D eigenvalue weighted by atomic mass is 10.3. The lowest BCUT2D eigenvalue weighted by Gasteiger charge is -2.12. The van der Waals surface area contributed by atoms with Crippen LogP contribution in [-0.4, -0.2) is 51.6 Å². The summed E-state index contributed by atoms with van der Waals surface area (Å²) in [6.07, 6.45) is 2.26. The van der Waals surface area contributed by atoms with E-state index in [9.17, 15) is 13.2 Å².